The van der Waals surface area contributed by atoms with Crippen molar-refractivity contribution in [2.24, 2.45) is 0 Å². The molecular weight excluding hydrogens is 224 g/mol. The van der Waals surface area contributed by atoms with E-state index in [0.717, 1.165) is 19.6 Å². The first-order valence-electron chi connectivity index (χ1n) is 7.05. The van der Waals surface area contributed by atoms with Crippen LogP contribution < -0.4 is 5.32 Å². The number of hydrogen-bond acceptors (Lipinski definition) is 3. The van der Waals surface area contributed by atoms with Gasteiger partial charge in [0.25, 0.3) is 0 Å². The number of aromatic nitrogens is 1. The Kier molecular flexibility index (Phi) is 5.23. The maximum absolute atomic E-state index is 3.54. The average Bonchev–Trinajstić information content (AvgIpc) is 2.84. The van der Waals surface area contributed by atoms with Crippen LogP contribution in [-0.2, 0) is 13.1 Å². The van der Waals surface area contributed by atoms with Crippen LogP contribution in [0.1, 0.15) is 12.6 Å². The van der Waals surface area contributed by atoms with Crippen molar-refractivity contribution in [3.63, 3.8) is 0 Å². The molecule has 0 bridgehead atoms. The van der Waals surface area contributed by atoms with Gasteiger partial charge in [0.1, 0.15) is 0 Å². The molecule has 0 aromatic carbocycles. The molecule has 0 unspecified atom stereocenters. The number of hydrogen-bond donors (Lipinski definition) is 1. The largest absolute Gasteiger partial charge is 0.351 e. The van der Waals surface area contributed by atoms with Gasteiger partial charge in [0.05, 0.1) is 0 Å². The van der Waals surface area contributed by atoms with E-state index in [0.29, 0.717) is 0 Å². The molecule has 1 aliphatic heterocycles. The van der Waals surface area contributed by atoms with Gasteiger partial charge in [-0.15, -0.1) is 0 Å². The first-order chi connectivity index (χ1) is 8.79. The molecule has 0 spiro atoms. The zero-order valence-corrected chi connectivity index (χ0v) is 11.7. The number of aryl methyl sites for hydroxylation is 1. The van der Waals surface area contributed by atoms with Gasteiger partial charge < -0.3 is 14.8 Å². The molecule has 2 heterocycles. The van der Waals surface area contributed by atoms with Crippen molar-refractivity contribution < 1.29 is 0 Å². The maximum Gasteiger partial charge on any atom is 0.0359 e. The molecule has 0 atom stereocenters. The summed E-state index contributed by atoms with van der Waals surface area (Å²) in [6, 6.07) is 4.33. The zero-order valence-electron chi connectivity index (χ0n) is 11.7. The molecule has 4 nitrogen and oxygen atoms in total. The van der Waals surface area contributed by atoms with Gasteiger partial charge in [-0.1, -0.05) is 0 Å². The lowest BCUT2D eigenvalue weighted by Crippen LogP contribution is -2.46. The van der Waals surface area contributed by atoms with Gasteiger partial charge in [0.15, 0.2) is 0 Å². The van der Waals surface area contributed by atoms with Crippen LogP contribution in [0.15, 0.2) is 18.3 Å². The van der Waals surface area contributed by atoms with Crippen molar-refractivity contribution in [1.82, 2.24) is 19.7 Å². The summed E-state index contributed by atoms with van der Waals surface area (Å²) in [6.45, 7) is 11.3. The number of rotatable bonds is 6. The van der Waals surface area contributed by atoms with Crippen LogP contribution in [0, 0.1) is 0 Å². The minimum absolute atomic E-state index is 0.981. The third-order valence-electron chi connectivity index (χ3n) is 3.77. The second kappa shape index (κ2) is 6.92. The Morgan fingerprint density at radius 3 is 2.72 bits per heavy atom. The van der Waals surface area contributed by atoms with E-state index in [4.69, 9.17) is 0 Å². The van der Waals surface area contributed by atoms with Crippen molar-refractivity contribution in [2.75, 3.05) is 46.3 Å². The van der Waals surface area contributed by atoms with Gasteiger partial charge in [-0.25, -0.2) is 0 Å². The van der Waals surface area contributed by atoms with E-state index in [9.17, 15) is 0 Å². The third kappa shape index (κ3) is 3.83. The molecule has 1 fully saturated rings. The van der Waals surface area contributed by atoms with Crippen LogP contribution in [0.25, 0.3) is 0 Å². The molecule has 18 heavy (non-hydrogen) atoms. The fraction of sp³-hybridized carbons (Fsp3) is 0.714. The van der Waals surface area contributed by atoms with Crippen LogP contribution in [-0.4, -0.2) is 60.7 Å². The summed E-state index contributed by atoms with van der Waals surface area (Å²) in [6.07, 6.45) is 2.15. The van der Waals surface area contributed by atoms with Crippen LogP contribution >= 0.6 is 0 Å². The molecule has 1 aromatic rings. The van der Waals surface area contributed by atoms with Crippen molar-refractivity contribution in [2.45, 2.75) is 20.0 Å². The first-order valence-corrected chi connectivity index (χ1v) is 7.05. The third-order valence-corrected chi connectivity index (χ3v) is 3.77. The maximum atomic E-state index is 3.54. The smallest absolute Gasteiger partial charge is 0.0359 e. The number of likely N-dealkylation sites (N-methyl/N-ethyl adjacent to an activating group) is 1. The monoisotopic (exact) mass is 250 g/mol. The van der Waals surface area contributed by atoms with Crippen LogP contribution in [0.5, 0.6) is 0 Å². The van der Waals surface area contributed by atoms with Crippen molar-refractivity contribution in [3.05, 3.63) is 24.0 Å². The molecule has 2 rings (SSSR count). The quantitative estimate of drug-likeness (QED) is 0.757. The standard InChI is InChI=1S/C14H26N4/c1-3-18-7-4-5-14(18)13-15-6-8-17-11-9-16(2)10-12-17/h4-5,7,15H,3,6,8-13H2,1-2H3. The summed E-state index contributed by atoms with van der Waals surface area (Å²) in [4.78, 5) is 4.95. The molecular formula is C14H26N4. The molecule has 0 saturated carbocycles. The van der Waals surface area contributed by atoms with Crippen molar-refractivity contribution in [3.8, 4) is 0 Å². The summed E-state index contributed by atoms with van der Waals surface area (Å²) in [5.41, 5.74) is 1.39. The average molecular weight is 250 g/mol. The Morgan fingerprint density at radius 1 is 1.22 bits per heavy atom. The molecule has 1 N–H and O–H groups in total. The number of nitrogens with zero attached hydrogens (tertiary/aromatic N) is 3. The Labute approximate surface area is 111 Å². The summed E-state index contributed by atoms with van der Waals surface area (Å²) in [7, 11) is 2.20. The summed E-state index contributed by atoms with van der Waals surface area (Å²) in [5, 5.41) is 3.54. The Bertz CT molecular complexity index is 339. The molecule has 4 heteroatoms. The summed E-state index contributed by atoms with van der Waals surface area (Å²) >= 11 is 0. The minimum Gasteiger partial charge on any atom is -0.351 e. The van der Waals surface area contributed by atoms with E-state index in [1.54, 1.807) is 0 Å². The Balaban J connectivity index is 1.61. The van der Waals surface area contributed by atoms with Crippen LogP contribution in [0.2, 0.25) is 0 Å². The van der Waals surface area contributed by atoms with E-state index in [1.807, 2.05) is 0 Å². The fourth-order valence-corrected chi connectivity index (χ4v) is 2.44. The molecule has 1 aliphatic rings. The van der Waals surface area contributed by atoms with Crippen molar-refractivity contribution in [1.29, 1.82) is 0 Å². The van der Waals surface area contributed by atoms with Gasteiger partial charge in [-0.3, -0.25) is 4.90 Å². The topological polar surface area (TPSA) is 23.4 Å². The first kappa shape index (κ1) is 13.6. The lowest BCUT2D eigenvalue weighted by atomic mass is 10.3. The SMILES string of the molecule is CCn1cccc1CNCCN1CCN(C)CC1. The van der Waals surface area contributed by atoms with Crippen molar-refractivity contribution >= 4 is 0 Å². The highest BCUT2D eigenvalue weighted by molar-refractivity contribution is 5.06. The second-order valence-corrected chi connectivity index (χ2v) is 5.11. The van der Waals surface area contributed by atoms with E-state index in [-0.39, 0.29) is 0 Å². The molecule has 102 valence electrons. The predicted octanol–water partition coefficient (Wildman–Crippen LogP) is 0.845. The van der Waals surface area contributed by atoms with Gasteiger partial charge in [0, 0.05) is 64.2 Å². The highest BCUT2D eigenvalue weighted by atomic mass is 15.2. The van der Waals surface area contributed by atoms with Gasteiger partial charge in [-0.05, 0) is 26.1 Å². The second-order valence-electron chi connectivity index (χ2n) is 5.11. The molecule has 0 amide bonds. The Morgan fingerprint density at radius 2 is 2.00 bits per heavy atom. The minimum atomic E-state index is 0.981. The van der Waals surface area contributed by atoms with E-state index < -0.39 is 0 Å². The summed E-state index contributed by atoms with van der Waals surface area (Å²) in [5.74, 6) is 0. The van der Waals surface area contributed by atoms with Gasteiger partial charge >= 0.3 is 0 Å². The number of piperazine rings is 1. The van der Waals surface area contributed by atoms with Gasteiger partial charge in [0.2, 0.25) is 0 Å². The lowest BCUT2D eigenvalue weighted by molar-refractivity contribution is 0.154. The van der Waals surface area contributed by atoms with Gasteiger partial charge in [-0.2, -0.15) is 0 Å². The fourth-order valence-electron chi connectivity index (χ4n) is 2.44. The zero-order chi connectivity index (χ0) is 12.8. The highest BCUT2D eigenvalue weighted by Crippen LogP contribution is 2.01. The normalized spacial score (nSPS) is 18.3. The van der Waals surface area contributed by atoms with E-state index in [2.05, 4.69) is 52.0 Å². The predicted molar refractivity (Wildman–Crippen MR) is 75.7 cm³/mol. The molecule has 1 saturated heterocycles. The molecule has 0 radical (unpaired) electrons. The molecule has 1 aromatic heterocycles. The number of nitrogens with one attached hydrogen (secondary N) is 1. The molecule has 0 aliphatic carbocycles. The Hall–Kier alpha value is -0.840. The highest BCUT2D eigenvalue weighted by Gasteiger charge is 2.12. The van der Waals surface area contributed by atoms with E-state index in [1.165, 1.54) is 38.4 Å². The van der Waals surface area contributed by atoms with Crippen LogP contribution in [0.4, 0.5) is 0 Å². The lowest BCUT2D eigenvalue weighted by Gasteiger charge is -2.32. The van der Waals surface area contributed by atoms with E-state index >= 15 is 0 Å². The van der Waals surface area contributed by atoms with Crippen LogP contribution in [0.3, 0.4) is 0 Å². The summed E-state index contributed by atoms with van der Waals surface area (Å²) < 4.78 is 2.29.